The van der Waals surface area contributed by atoms with Gasteiger partial charge in [0.2, 0.25) is 5.91 Å². The van der Waals surface area contributed by atoms with E-state index in [0.717, 1.165) is 35.4 Å². The van der Waals surface area contributed by atoms with Crippen LogP contribution in [0.2, 0.25) is 5.02 Å². The van der Waals surface area contributed by atoms with Crippen LogP contribution in [0.3, 0.4) is 0 Å². The van der Waals surface area contributed by atoms with Crippen molar-refractivity contribution in [3.05, 3.63) is 64.2 Å². The molecule has 1 amide bonds. The van der Waals surface area contributed by atoms with Crippen LogP contribution in [0.25, 0.3) is 0 Å². The molecule has 2 fully saturated rings. The van der Waals surface area contributed by atoms with Gasteiger partial charge in [-0.25, -0.2) is 4.79 Å². The van der Waals surface area contributed by atoms with Crippen molar-refractivity contribution < 1.29 is 14.4 Å². The number of nitrogens with zero attached hydrogens (tertiary/aromatic N) is 1. The number of rotatable bonds is 4. The highest BCUT2D eigenvalue weighted by molar-refractivity contribution is 6.30. The number of benzene rings is 2. The fourth-order valence-corrected chi connectivity index (χ4v) is 5.68. The second-order valence-electron chi connectivity index (χ2n) is 9.97. The zero-order valence-electron chi connectivity index (χ0n) is 19.2. The van der Waals surface area contributed by atoms with Crippen LogP contribution in [-0.4, -0.2) is 17.6 Å². The summed E-state index contributed by atoms with van der Waals surface area (Å²) in [6.45, 7) is 10.4. The number of aryl methyl sites for hydroxylation is 2. The summed E-state index contributed by atoms with van der Waals surface area (Å²) in [5.74, 6) is -0.530. The molecule has 0 saturated heterocycles. The van der Waals surface area contributed by atoms with Gasteiger partial charge in [0.15, 0.2) is 0 Å². The van der Waals surface area contributed by atoms with Crippen LogP contribution in [0.15, 0.2) is 47.6 Å². The Morgan fingerprint density at radius 3 is 2.25 bits per heavy atom. The SMILES string of the molecule is Cc1cc(C)cc(NC(=O)C23CCC(C)(C(=NOC(=O)c4ccc(Cl)cc4)C2)C3(C)C)c1. The minimum Gasteiger partial charge on any atom is -0.326 e. The Labute approximate surface area is 194 Å². The standard InChI is InChI=1S/C26H29ClN2O3/c1-16-12-17(2)14-20(13-16)28-23(31)26-11-10-25(5,24(26,3)4)21(15-26)29-32-22(30)18-6-8-19(27)9-7-18/h6-9,12-14H,10-11,15H2,1-5H3,(H,28,31). The lowest BCUT2D eigenvalue weighted by Gasteiger charge is -2.39. The second kappa shape index (κ2) is 7.73. The van der Waals surface area contributed by atoms with Gasteiger partial charge in [-0.3, -0.25) is 4.79 Å². The van der Waals surface area contributed by atoms with E-state index in [1.807, 2.05) is 26.0 Å². The number of hydrogen-bond donors (Lipinski definition) is 1. The van der Waals surface area contributed by atoms with Crippen molar-refractivity contribution in [3.63, 3.8) is 0 Å². The van der Waals surface area contributed by atoms with Crippen LogP contribution in [0, 0.1) is 30.1 Å². The van der Waals surface area contributed by atoms with Gasteiger partial charge in [0.1, 0.15) is 0 Å². The molecule has 2 aliphatic rings. The predicted octanol–water partition coefficient (Wildman–Crippen LogP) is 6.32. The number of carbonyl (C=O) groups is 2. The molecule has 1 N–H and O–H groups in total. The maximum Gasteiger partial charge on any atom is 0.365 e. The first-order valence-electron chi connectivity index (χ1n) is 10.9. The van der Waals surface area contributed by atoms with Crippen molar-refractivity contribution in [2.24, 2.45) is 21.4 Å². The molecule has 2 aromatic carbocycles. The van der Waals surface area contributed by atoms with E-state index in [0.29, 0.717) is 17.0 Å². The van der Waals surface area contributed by atoms with Crippen LogP contribution in [0.4, 0.5) is 5.69 Å². The third-order valence-corrected chi connectivity index (χ3v) is 8.22. The van der Waals surface area contributed by atoms with E-state index in [9.17, 15) is 9.59 Å². The molecule has 0 spiro atoms. The lowest BCUT2D eigenvalue weighted by molar-refractivity contribution is -0.130. The van der Waals surface area contributed by atoms with E-state index < -0.39 is 11.4 Å². The quantitative estimate of drug-likeness (QED) is 0.435. The van der Waals surface area contributed by atoms with Gasteiger partial charge in [-0.15, -0.1) is 0 Å². The first-order valence-corrected chi connectivity index (χ1v) is 11.3. The lowest BCUT2D eigenvalue weighted by Crippen LogP contribution is -2.43. The highest BCUT2D eigenvalue weighted by Gasteiger charge is 2.71. The zero-order chi connectivity index (χ0) is 23.3. The van der Waals surface area contributed by atoms with E-state index >= 15 is 0 Å². The summed E-state index contributed by atoms with van der Waals surface area (Å²) in [7, 11) is 0. The van der Waals surface area contributed by atoms with Crippen molar-refractivity contribution >= 4 is 34.9 Å². The predicted molar refractivity (Wildman–Crippen MR) is 127 cm³/mol. The molecule has 168 valence electrons. The van der Waals surface area contributed by atoms with E-state index in [2.05, 4.69) is 37.3 Å². The number of carbonyl (C=O) groups excluding carboxylic acids is 2. The third kappa shape index (κ3) is 3.43. The smallest absolute Gasteiger partial charge is 0.326 e. The van der Waals surface area contributed by atoms with Crippen molar-refractivity contribution in [2.75, 3.05) is 5.32 Å². The second-order valence-corrected chi connectivity index (χ2v) is 10.4. The van der Waals surface area contributed by atoms with Gasteiger partial charge in [-0.2, -0.15) is 0 Å². The molecule has 2 aromatic rings. The average Bonchev–Trinajstić information content (AvgIpc) is 3.02. The highest BCUT2D eigenvalue weighted by Crippen LogP contribution is 2.71. The van der Waals surface area contributed by atoms with Gasteiger partial charge in [0, 0.05) is 22.5 Å². The molecule has 32 heavy (non-hydrogen) atoms. The fraction of sp³-hybridized carbons (Fsp3) is 0.423. The maximum absolute atomic E-state index is 13.6. The minimum absolute atomic E-state index is 0.00505. The van der Waals surface area contributed by atoms with Crippen molar-refractivity contribution in [1.82, 2.24) is 0 Å². The van der Waals surface area contributed by atoms with Gasteiger partial charge in [0.05, 0.1) is 16.7 Å². The minimum atomic E-state index is -0.606. The van der Waals surface area contributed by atoms with E-state index in [1.54, 1.807) is 24.3 Å². The third-order valence-electron chi connectivity index (χ3n) is 7.97. The Morgan fingerprint density at radius 1 is 1.00 bits per heavy atom. The molecule has 2 bridgehead atoms. The summed E-state index contributed by atoms with van der Waals surface area (Å²) in [6.07, 6.45) is 2.07. The van der Waals surface area contributed by atoms with Crippen molar-refractivity contribution in [2.45, 2.75) is 53.9 Å². The van der Waals surface area contributed by atoms with E-state index in [-0.39, 0.29) is 16.7 Å². The molecule has 2 atom stereocenters. The molecule has 2 aliphatic carbocycles. The molecule has 0 heterocycles. The number of halogens is 1. The Bertz CT molecular complexity index is 1100. The van der Waals surface area contributed by atoms with E-state index in [1.165, 1.54) is 0 Å². The Kier molecular flexibility index (Phi) is 5.44. The van der Waals surface area contributed by atoms with Gasteiger partial charge >= 0.3 is 5.97 Å². The van der Waals surface area contributed by atoms with E-state index in [4.69, 9.17) is 16.4 Å². The molecule has 2 saturated carbocycles. The Morgan fingerprint density at radius 2 is 1.62 bits per heavy atom. The van der Waals surface area contributed by atoms with Gasteiger partial charge in [0.25, 0.3) is 0 Å². The van der Waals surface area contributed by atoms with Crippen LogP contribution < -0.4 is 5.32 Å². The number of hydrogen-bond acceptors (Lipinski definition) is 4. The van der Waals surface area contributed by atoms with Crippen LogP contribution in [0.1, 0.15) is 61.5 Å². The molecule has 0 aliphatic heterocycles. The number of nitrogens with one attached hydrogen (secondary N) is 1. The molecule has 4 rings (SSSR count). The maximum atomic E-state index is 13.6. The molecule has 5 nitrogen and oxygen atoms in total. The monoisotopic (exact) mass is 452 g/mol. The topological polar surface area (TPSA) is 67.8 Å². The summed E-state index contributed by atoms with van der Waals surface area (Å²) in [5, 5.41) is 8.00. The largest absolute Gasteiger partial charge is 0.365 e. The Hall–Kier alpha value is -2.66. The molecule has 0 radical (unpaired) electrons. The van der Waals surface area contributed by atoms with Crippen molar-refractivity contribution in [1.29, 1.82) is 0 Å². The molecule has 0 aromatic heterocycles. The lowest BCUT2D eigenvalue weighted by atomic mass is 9.64. The average molecular weight is 453 g/mol. The Balaban J connectivity index is 1.59. The summed E-state index contributed by atoms with van der Waals surface area (Å²) in [6, 6.07) is 12.5. The molecule has 6 heteroatoms. The fourth-order valence-electron chi connectivity index (χ4n) is 5.56. The van der Waals surface area contributed by atoms with Gasteiger partial charge in [-0.05, 0) is 79.6 Å². The summed E-state index contributed by atoms with van der Waals surface area (Å²) < 4.78 is 0. The summed E-state index contributed by atoms with van der Waals surface area (Å²) >= 11 is 5.89. The van der Waals surface area contributed by atoms with Gasteiger partial charge in [-0.1, -0.05) is 43.6 Å². The summed E-state index contributed by atoms with van der Waals surface area (Å²) in [5.41, 5.74) is 2.91. The number of fused-ring (bicyclic) bond motifs is 2. The van der Waals surface area contributed by atoms with Crippen molar-refractivity contribution in [3.8, 4) is 0 Å². The number of anilines is 1. The highest BCUT2D eigenvalue weighted by atomic mass is 35.5. The molecular weight excluding hydrogens is 424 g/mol. The van der Waals surface area contributed by atoms with Crippen LogP contribution >= 0.6 is 11.6 Å². The first kappa shape index (κ1) is 22.5. The zero-order valence-corrected chi connectivity index (χ0v) is 20.0. The molecule has 2 unspecified atom stereocenters. The molecular formula is C26H29ClN2O3. The first-order chi connectivity index (χ1) is 15.0. The number of amides is 1. The van der Waals surface area contributed by atoms with Gasteiger partial charge < -0.3 is 10.2 Å². The summed E-state index contributed by atoms with van der Waals surface area (Å²) in [4.78, 5) is 31.4. The normalized spacial score (nSPS) is 26.9. The van der Waals surface area contributed by atoms with Crippen LogP contribution in [0.5, 0.6) is 0 Å². The van der Waals surface area contributed by atoms with Crippen LogP contribution in [-0.2, 0) is 9.63 Å². The number of oxime groups is 1.